The van der Waals surface area contributed by atoms with Gasteiger partial charge in [0.15, 0.2) is 5.71 Å². The normalized spacial score (nSPS) is 18.5. The van der Waals surface area contributed by atoms with E-state index >= 15 is 0 Å². The quantitative estimate of drug-likeness (QED) is 0.520. The molecular formula is C6H6F3N2. The van der Waals surface area contributed by atoms with Gasteiger partial charge in [-0.05, 0) is 13.8 Å². The fraction of sp³-hybridized carbons (Fsp3) is 0.500. The smallest absolute Gasteiger partial charge is 0.164 e. The zero-order valence-electron chi connectivity index (χ0n) is 6.03. The average molecular weight is 163 g/mol. The van der Waals surface area contributed by atoms with Gasteiger partial charge in [-0.1, -0.05) is 0 Å². The van der Waals surface area contributed by atoms with E-state index in [1.165, 1.54) is 13.8 Å². The zero-order valence-corrected chi connectivity index (χ0v) is 6.03. The molecule has 0 aromatic heterocycles. The summed E-state index contributed by atoms with van der Waals surface area (Å²) in [4.78, 5) is 0. The minimum Gasteiger partial charge on any atom is -0.164 e. The van der Waals surface area contributed by atoms with Crippen LogP contribution in [0.4, 0.5) is 13.2 Å². The third-order valence-electron chi connectivity index (χ3n) is 1.47. The monoisotopic (exact) mass is 163 g/mol. The molecule has 0 saturated carbocycles. The van der Waals surface area contributed by atoms with Crippen LogP contribution in [0.3, 0.4) is 0 Å². The fourth-order valence-corrected chi connectivity index (χ4v) is 0.716. The number of allylic oxidation sites excluding steroid dienone is 2. The second kappa shape index (κ2) is 2.25. The maximum atomic E-state index is 12.0. The molecule has 0 atom stereocenters. The van der Waals surface area contributed by atoms with E-state index in [0.29, 0.717) is 5.70 Å². The van der Waals surface area contributed by atoms with Gasteiger partial charge < -0.3 is 0 Å². The van der Waals surface area contributed by atoms with Crippen molar-refractivity contribution in [3.63, 3.8) is 0 Å². The summed E-state index contributed by atoms with van der Waals surface area (Å²) < 4.78 is 35.9. The van der Waals surface area contributed by atoms with Gasteiger partial charge in [-0.25, -0.2) is 0 Å². The Hall–Kier alpha value is -1.00. The van der Waals surface area contributed by atoms with E-state index in [2.05, 4.69) is 10.5 Å². The lowest BCUT2D eigenvalue weighted by Crippen LogP contribution is -2.22. The van der Waals surface area contributed by atoms with E-state index in [-0.39, 0.29) is 5.57 Å². The van der Waals surface area contributed by atoms with E-state index in [9.17, 15) is 13.2 Å². The molecule has 1 heterocycles. The molecule has 0 aliphatic carbocycles. The highest BCUT2D eigenvalue weighted by molar-refractivity contribution is 6.05. The second-order valence-electron chi connectivity index (χ2n) is 2.26. The van der Waals surface area contributed by atoms with Gasteiger partial charge in [0.05, 0.1) is 5.70 Å². The van der Waals surface area contributed by atoms with Crippen molar-refractivity contribution in [1.29, 1.82) is 0 Å². The van der Waals surface area contributed by atoms with Crippen LogP contribution in [0.5, 0.6) is 0 Å². The van der Waals surface area contributed by atoms with Crippen LogP contribution in [0.25, 0.3) is 0 Å². The lowest BCUT2D eigenvalue weighted by Gasteiger charge is -2.04. The number of hydrogen-bond acceptors (Lipinski definition) is 1. The van der Waals surface area contributed by atoms with Crippen molar-refractivity contribution in [2.75, 3.05) is 0 Å². The Bertz CT molecular complexity index is 237. The summed E-state index contributed by atoms with van der Waals surface area (Å²) in [5.74, 6) is 0. The molecule has 1 aliphatic heterocycles. The number of hydrogen-bond donors (Lipinski definition) is 0. The summed E-state index contributed by atoms with van der Waals surface area (Å²) in [5, 5.41) is 3.01. The standard InChI is InChI=1S/C6H6F3N2/c1-3-4(2)10-11-5(3)6(7,8)9/h1-2H3. The van der Waals surface area contributed by atoms with Crippen molar-refractivity contribution in [2.24, 2.45) is 5.10 Å². The van der Waals surface area contributed by atoms with Gasteiger partial charge in [0.1, 0.15) is 0 Å². The van der Waals surface area contributed by atoms with Gasteiger partial charge in [-0.2, -0.15) is 18.6 Å². The van der Waals surface area contributed by atoms with Gasteiger partial charge in [0.25, 0.3) is 0 Å². The summed E-state index contributed by atoms with van der Waals surface area (Å²) in [6.07, 6.45) is -4.37. The second-order valence-corrected chi connectivity index (χ2v) is 2.26. The first-order chi connectivity index (χ1) is 4.93. The molecule has 0 N–H and O–H groups in total. The van der Waals surface area contributed by atoms with Crippen molar-refractivity contribution in [3.8, 4) is 0 Å². The Morgan fingerprint density at radius 3 is 1.91 bits per heavy atom. The first-order valence-electron chi connectivity index (χ1n) is 2.96. The fourth-order valence-electron chi connectivity index (χ4n) is 0.716. The molecule has 0 bridgehead atoms. The molecular weight excluding hydrogens is 157 g/mol. The molecule has 1 aliphatic rings. The number of nitrogens with zero attached hydrogens (tertiary/aromatic N) is 2. The van der Waals surface area contributed by atoms with Crippen LogP contribution < -0.4 is 5.43 Å². The van der Waals surface area contributed by atoms with Crippen molar-refractivity contribution < 1.29 is 13.2 Å². The Morgan fingerprint density at radius 1 is 1.18 bits per heavy atom. The van der Waals surface area contributed by atoms with Crippen molar-refractivity contribution >= 4 is 5.71 Å². The molecule has 0 fully saturated rings. The van der Waals surface area contributed by atoms with Crippen LogP contribution in [-0.2, 0) is 0 Å². The Balaban J connectivity index is 2.94. The number of alkyl halides is 3. The van der Waals surface area contributed by atoms with E-state index < -0.39 is 11.9 Å². The van der Waals surface area contributed by atoms with Crippen LogP contribution in [0.1, 0.15) is 13.8 Å². The van der Waals surface area contributed by atoms with Crippen molar-refractivity contribution in [3.05, 3.63) is 11.3 Å². The highest BCUT2D eigenvalue weighted by atomic mass is 19.4. The highest BCUT2D eigenvalue weighted by Gasteiger charge is 2.40. The summed E-state index contributed by atoms with van der Waals surface area (Å²) in [7, 11) is 0. The summed E-state index contributed by atoms with van der Waals surface area (Å²) in [6, 6.07) is 0. The van der Waals surface area contributed by atoms with E-state index in [0.717, 1.165) is 0 Å². The number of halogens is 3. The average Bonchev–Trinajstić information content (AvgIpc) is 2.11. The van der Waals surface area contributed by atoms with E-state index in [4.69, 9.17) is 0 Å². The topological polar surface area (TPSA) is 26.5 Å². The summed E-state index contributed by atoms with van der Waals surface area (Å²) >= 11 is 0. The molecule has 1 rings (SSSR count). The van der Waals surface area contributed by atoms with Crippen LogP contribution in [0.2, 0.25) is 0 Å². The first kappa shape index (κ1) is 8.10. The molecule has 0 amide bonds. The predicted molar refractivity (Wildman–Crippen MR) is 34.0 cm³/mol. The Morgan fingerprint density at radius 2 is 1.73 bits per heavy atom. The minimum atomic E-state index is -4.37. The van der Waals surface area contributed by atoms with Crippen molar-refractivity contribution in [2.45, 2.75) is 20.0 Å². The van der Waals surface area contributed by atoms with Gasteiger partial charge >= 0.3 is 6.18 Å². The highest BCUT2D eigenvalue weighted by Crippen LogP contribution is 2.26. The Labute approximate surface area is 61.8 Å². The van der Waals surface area contributed by atoms with Crippen LogP contribution >= 0.6 is 0 Å². The van der Waals surface area contributed by atoms with E-state index in [1.807, 2.05) is 0 Å². The predicted octanol–water partition coefficient (Wildman–Crippen LogP) is 1.82. The van der Waals surface area contributed by atoms with Crippen LogP contribution in [0, 0.1) is 0 Å². The van der Waals surface area contributed by atoms with E-state index in [1.54, 1.807) is 0 Å². The largest absolute Gasteiger partial charge is 0.435 e. The first-order valence-corrected chi connectivity index (χ1v) is 2.96. The van der Waals surface area contributed by atoms with Gasteiger partial charge in [-0.15, -0.1) is 5.10 Å². The third kappa shape index (κ3) is 1.36. The van der Waals surface area contributed by atoms with Crippen molar-refractivity contribution in [1.82, 2.24) is 5.43 Å². The maximum absolute atomic E-state index is 12.0. The van der Waals surface area contributed by atoms with Crippen LogP contribution in [-0.4, -0.2) is 11.9 Å². The minimum absolute atomic E-state index is 0.109. The van der Waals surface area contributed by atoms with Gasteiger partial charge in [0, 0.05) is 5.57 Å². The molecule has 0 unspecified atom stereocenters. The molecule has 0 spiro atoms. The Kier molecular flexibility index (Phi) is 1.66. The third-order valence-corrected chi connectivity index (χ3v) is 1.47. The maximum Gasteiger partial charge on any atom is 0.435 e. The van der Waals surface area contributed by atoms with Crippen LogP contribution in [0.15, 0.2) is 16.4 Å². The molecule has 5 heteroatoms. The zero-order chi connectivity index (χ0) is 8.65. The molecule has 1 radical (unpaired) electrons. The lowest BCUT2D eigenvalue weighted by molar-refractivity contribution is -0.0582. The van der Waals surface area contributed by atoms with Gasteiger partial charge in [-0.3, -0.25) is 0 Å². The summed E-state index contributed by atoms with van der Waals surface area (Å²) in [5.41, 5.74) is 2.87. The molecule has 2 nitrogen and oxygen atoms in total. The molecule has 11 heavy (non-hydrogen) atoms. The molecule has 0 aromatic rings. The molecule has 0 saturated heterocycles. The number of rotatable bonds is 0. The molecule has 0 aromatic carbocycles. The molecule has 61 valence electrons. The summed E-state index contributed by atoms with van der Waals surface area (Å²) in [6.45, 7) is 2.86. The SMILES string of the molecule is CC1=C(C)C(C(F)(F)F)=N[N]1. The van der Waals surface area contributed by atoms with Gasteiger partial charge in [0.2, 0.25) is 0 Å². The lowest BCUT2D eigenvalue weighted by atomic mass is 10.1.